The van der Waals surface area contributed by atoms with Crippen molar-refractivity contribution in [2.45, 2.75) is 33.1 Å². The van der Waals surface area contributed by atoms with Crippen LogP contribution in [0.3, 0.4) is 0 Å². The predicted molar refractivity (Wildman–Crippen MR) is 80.1 cm³/mol. The highest BCUT2D eigenvalue weighted by Gasteiger charge is 2.20. The van der Waals surface area contributed by atoms with E-state index in [0.29, 0.717) is 25.5 Å². The number of nitrogens with zero attached hydrogens (tertiary/aromatic N) is 2. The Bertz CT molecular complexity index is 334. The van der Waals surface area contributed by atoms with E-state index in [1.807, 2.05) is 13.8 Å². The summed E-state index contributed by atoms with van der Waals surface area (Å²) in [5, 5.41) is 0. The molecular weight excluding hydrogens is 272 g/mol. The van der Waals surface area contributed by atoms with Crippen molar-refractivity contribution in [2.24, 2.45) is 5.92 Å². The van der Waals surface area contributed by atoms with Crippen molar-refractivity contribution in [3.05, 3.63) is 0 Å². The smallest absolute Gasteiger partial charge is 0.409 e. The first kappa shape index (κ1) is 17.8. The molecule has 0 atom stereocenters. The molecule has 1 rings (SSSR count). The topological polar surface area (TPSA) is 59.1 Å². The van der Waals surface area contributed by atoms with E-state index < -0.39 is 0 Å². The Morgan fingerprint density at radius 1 is 1.14 bits per heavy atom. The highest BCUT2D eigenvalue weighted by molar-refractivity contribution is 5.69. The zero-order valence-electron chi connectivity index (χ0n) is 13.5. The summed E-state index contributed by atoms with van der Waals surface area (Å²) in [6, 6.07) is 0. The summed E-state index contributed by atoms with van der Waals surface area (Å²) in [6.07, 6.45) is 1.98. The van der Waals surface area contributed by atoms with Crippen molar-refractivity contribution in [1.29, 1.82) is 0 Å². The third kappa shape index (κ3) is 7.32. The molecule has 1 saturated heterocycles. The zero-order chi connectivity index (χ0) is 15.7. The maximum absolute atomic E-state index is 11.9. The molecule has 21 heavy (non-hydrogen) atoms. The fourth-order valence-electron chi connectivity index (χ4n) is 2.26. The molecule has 0 bridgehead atoms. The minimum Gasteiger partial charge on any atom is -0.469 e. The van der Waals surface area contributed by atoms with E-state index in [0.717, 1.165) is 39.0 Å². The van der Waals surface area contributed by atoms with E-state index in [9.17, 15) is 9.59 Å². The fourth-order valence-corrected chi connectivity index (χ4v) is 2.26. The number of methoxy groups -OCH3 is 1. The number of carbonyl (C=O) groups excluding carboxylic acids is 2. The van der Waals surface area contributed by atoms with E-state index in [4.69, 9.17) is 4.74 Å². The number of hydrogen-bond acceptors (Lipinski definition) is 5. The van der Waals surface area contributed by atoms with Crippen molar-refractivity contribution in [1.82, 2.24) is 9.80 Å². The van der Waals surface area contributed by atoms with Crippen molar-refractivity contribution in [2.75, 3.05) is 46.4 Å². The molecule has 1 heterocycles. The first-order chi connectivity index (χ1) is 10.0. The molecule has 0 aromatic heterocycles. The number of carbonyl (C=O) groups is 2. The Morgan fingerprint density at radius 3 is 2.57 bits per heavy atom. The van der Waals surface area contributed by atoms with Gasteiger partial charge in [0.15, 0.2) is 0 Å². The standard InChI is InChI=1S/C15H28N2O4/c1-13(2)12-21-15(19)17-9-5-8-16(10-11-17)7-4-6-14(18)20-3/h13H,4-12H2,1-3H3. The summed E-state index contributed by atoms with van der Waals surface area (Å²) in [7, 11) is 1.41. The second-order valence-electron chi connectivity index (χ2n) is 5.83. The van der Waals surface area contributed by atoms with Crippen LogP contribution < -0.4 is 0 Å². The first-order valence-electron chi connectivity index (χ1n) is 7.73. The molecule has 0 N–H and O–H groups in total. The van der Waals surface area contributed by atoms with Gasteiger partial charge in [0.2, 0.25) is 0 Å². The Labute approximate surface area is 127 Å². The van der Waals surface area contributed by atoms with Crippen molar-refractivity contribution in [3.63, 3.8) is 0 Å². The summed E-state index contributed by atoms with van der Waals surface area (Å²) in [4.78, 5) is 27.1. The van der Waals surface area contributed by atoms with Gasteiger partial charge in [-0.25, -0.2) is 4.79 Å². The Morgan fingerprint density at radius 2 is 1.90 bits per heavy atom. The zero-order valence-corrected chi connectivity index (χ0v) is 13.5. The van der Waals surface area contributed by atoms with E-state index in [1.54, 1.807) is 4.90 Å². The highest BCUT2D eigenvalue weighted by Crippen LogP contribution is 2.07. The van der Waals surface area contributed by atoms with Crippen LogP contribution in [0, 0.1) is 5.92 Å². The monoisotopic (exact) mass is 300 g/mol. The molecule has 1 aliphatic rings. The van der Waals surface area contributed by atoms with Crippen molar-refractivity contribution in [3.8, 4) is 0 Å². The van der Waals surface area contributed by atoms with Crippen LogP contribution in [0.2, 0.25) is 0 Å². The van der Waals surface area contributed by atoms with Gasteiger partial charge < -0.3 is 19.3 Å². The minimum absolute atomic E-state index is 0.163. The lowest BCUT2D eigenvalue weighted by Gasteiger charge is -2.21. The van der Waals surface area contributed by atoms with Gasteiger partial charge in [-0.2, -0.15) is 0 Å². The lowest BCUT2D eigenvalue weighted by molar-refractivity contribution is -0.140. The average Bonchev–Trinajstić information content (AvgIpc) is 2.70. The summed E-state index contributed by atoms with van der Waals surface area (Å²) in [6.45, 7) is 8.60. The van der Waals surface area contributed by atoms with Gasteiger partial charge in [-0.05, 0) is 31.8 Å². The molecule has 6 heteroatoms. The van der Waals surface area contributed by atoms with Crippen molar-refractivity contribution >= 4 is 12.1 Å². The fraction of sp³-hybridized carbons (Fsp3) is 0.867. The maximum atomic E-state index is 11.9. The molecule has 1 fully saturated rings. The number of rotatable bonds is 6. The van der Waals surface area contributed by atoms with Gasteiger partial charge in [-0.1, -0.05) is 13.8 Å². The van der Waals surface area contributed by atoms with Gasteiger partial charge in [-0.3, -0.25) is 4.79 Å². The van der Waals surface area contributed by atoms with Gasteiger partial charge in [0.25, 0.3) is 0 Å². The SMILES string of the molecule is COC(=O)CCCN1CCCN(C(=O)OCC(C)C)CC1. The lowest BCUT2D eigenvalue weighted by Crippen LogP contribution is -2.36. The molecule has 0 spiro atoms. The quantitative estimate of drug-likeness (QED) is 0.699. The van der Waals surface area contributed by atoms with Crippen LogP contribution in [0.15, 0.2) is 0 Å². The van der Waals surface area contributed by atoms with Gasteiger partial charge in [-0.15, -0.1) is 0 Å². The molecule has 122 valence electrons. The van der Waals surface area contributed by atoms with E-state index in [1.165, 1.54) is 7.11 Å². The van der Waals surface area contributed by atoms with Crippen LogP contribution in [-0.2, 0) is 14.3 Å². The molecular formula is C15H28N2O4. The Balaban J connectivity index is 2.26. The molecule has 0 saturated carbocycles. The van der Waals surface area contributed by atoms with Gasteiger partial charge >= 0.3 is 12.1 Å². The summed E-state index contributed by atoms with van der Waals surface area (Å²) >= 11 is 0. The highest BCUT2D eigenvalue weighted by atomic mass is 16.6. The van der Waals surface area contributed by atoms with Crippen LogP contribution in [-0.4, -0.2) is 68.3 Å². The molecule has 0 aromatic rings. The van der Waals surface area contributed by atoms with E-state index in [-0.39, 0.29) is 12.1 Å². The maximum Gasteiger partial charge on any atom is 0.409 e. The molecule has 1 amide bonds. The number of esters is 1. The molecule has 1 aliphatic heterocycles. The summed E-state index contributed by atoms with van der Waals surface area (Å²) in [5.74, 6) is 0.194. The average molecular weight is 300 g/mol. The number of hydrogen-bond donors (Lipinski definition) is 0. The summed E-state index contributed by atoms with van der Waals surface area (Å²) < 4.78 is 9.90. The van der Waals surface area contributed by atoms with Crippen LogP contribution in [0.5, 0.6) is 0 Å². The molecule has 0 radical (unpaired) electrons. The Hall–Kier alpha value is -1.30. The minimum atomic E-state index is -0.208. The van der Waals surface area contributed by atoms with Gasteiger partial charge in [0.1, 0.15) is 0 Å². The third-order valence-electron chi connectivity index (χ3n) is 3.47. The largest absolute Gasteiger partial charge is 0.469 e. The molecule has 6 nitrogen and oxygen atoms in total. The van der Waals surface area contributed by atoms with E-state index in [2.05, 4.69) is 9.64 Å². The lowest BCUT2D eigenvalue weighted by atomic mass is 10.2. The number of ether oxygens (including phenoxy) is 2. The Kier molecular flexibility index (Phi) is 8.12. The second-order valence-corrected chi connectivity index (χ2v) is 5.83. The van der Waals surface area contributed by atoms with Crippen LogP contribution >= 0.6 is 0 Å². The normalized spacial score (nSPS) is 16.7. The second kappa shape index (κ2) is 9.60. The van der Waals surface area contributed by atoms with E-state index >= 15 is 0 Å². The van der Waals surface area contributed by atoms with Crippen LogP contribution in [0.1, 0.15) is 33.1 Å². The predicted octanol–water partition coefficient (Wildman–Crippen LogP) is 1.74. The molecule has 0 aliphatic carbocycles. The van der Waals surface area contributed by atoms with Crippen LogP contribution in [0.4, 0.5) is 4.79 Å². The summed E-state index contributed by atoms with van der Waals surface area (Å²) in [5.41, 5.74) is 0. The van der Waals surface area contributed by atoms with Gasteiger partial charge in [0, 0.05) is 26.1 Å². The van der Waals surface area contributed by atoms with Gasteiger partial charge in [0.05, 0.1) is 13.7 Å². The third-order valence-corrected chi connectivity index (χ3v) is 3.47. The first-order valence-corrected chi connectivity index (χ1v) is 7.73. The van der Waals surface area contributed by atoms with Crippen molar-refractivity contribution < 1.29 is 19.1 Å². The molecule has 0 aromatic carbocycles. The molecule has 0 unspecified atom stereocenters. The van der Waals surface area contributed by atoms with Crippen LogP contribution in [0.25, 0.3) is 0 Å². The number of amides is 1.